The van der Waals surface area contributed by atoms with Crippen molar-refractivity contribution in [2.45, 2.75) is 121 Å². The van der Waals surface area contributed by atoms with Crippen LogP contribution in [0.1, 0.15) is 83.6 Å². The van der Waals surface area contributed by atoms with E-state index < -0.39 is 71.7 Å². The number of benzene rings is 1. The second-order valence-corrected chi connectivity index (χ2v) is 16.4. The number of carbonyl (C=O) groups is 6. The lowest BCUT2D eigenvalue weighted by Gasteiger charge is -2.27. The zero-order valence-electron chi connectivity index (χ0n) is 39.3. The number of nitrogens with two attached hydrogens (primary N) is 9. The average Bonchev–Trinajstić information content (AvgIpc) is 3.26. The van der Waals surface area contributed by atoms with Crippen molar-refractivity contribution < 1.29 is 33.9 Å². The van der Waals surface area contributed by atoms with Gasteiger partial charge in [0.2, 0.25) is 35.4 Å². The molecule has 0 aliphatic rings. The van der Waals surface area contributed by atoms with Crippen LogP contribution >= 0.6 is 0 Å². The minimum absolute atomic E-state index is 0.00615. The van der Waals surface area contributed by atoms with Crippen molar-refractivity contribution in [2.75, 3.05) is 39.3 Å². The number of hydrogen-bond acceptors (Lipinski definition) is 12. The summed E-state index contributed by atoms with van der Waals surface area (Å²) in [7, 11) is 0. The molecule has 0 aliphatic heterocycles. The summed E-state index contributed by atoms with van der Waals surface area (Å²) in [5, 5.41) is 25.5. The van der Waals surface area contributed by atoms with Gasteiger partial charge in [-0.1, -0.05) is 44.2 Å². The zero-order chi connectivity index (χ0) is 51.0. The minimum atomic E-state index is -1.34. The average molecular weight is 960 g/mol. The number of guanidine groups is 4. The third-order valence-electron chi connectivity index (χ3n) is 9.92. The van der Waals surface area contributed by atoms with Crippen molar-refractivity contribution >= 4 is 59.3 Å². The van der Waals surface area contributed by atoms with Gasteiger partial charge in [-0.25, -0.2) is 0 Å². The highest BCUT2D eigenvalue weighted by atomic mass is 16.3. The third-order valence-corrected chi connectivity index (χ3v) is 9.92. The number of aliphatic hydroxyl groups excluding tert-OH is 1. The van der Waals surface area contributed by atoms with E-state index in [1.165, 1.54) is 0 Å². The fourth-order valence-corrected chi connectivity index (χ4v) is 6.55. The van der Waals surface area contributed by atoms with Crippen LogP contribution in [0.25, 0.3) is 0 Å². The SMILES string of the molecule is CC(C)C[C@H](N)C(=O)N[C@@H](CCCN=C(N)N)C(=O)N[C@@H](CCCN=C(N)N)C(=O)N[C@@H](CCCN=C(N)N)C(=O)N[C@@H](CCCN=C(N)N)C(=O)N[C@@H](Cc1ccccc1)C(=O)NCCCO. The van der Waals surface area contributed by atoms with E-state index in [0.717, 1.165) is 5.56 Å². The molecule has 26 nitrogen and oxygen atoms in total. The van der Waals surface area contributed by atoms with Gasteiger partial charge in [0.1, 0.15) is 30.2 Å². The van der Waals surface area contributed by atoms with Crippen molar-refractivity contribution in [3.63, 3.8) is 0 Å². The molecular weight excluding hydrogens is 883 g/mol. The number of carbonyl (C=O) groups excluding carboxylic acids is 6. The van der Waals surface area contributed by atoms with Gasteiger partial charge in [-0.2, -0.15) is 0 Å². The van der Waals surface area contributed by atoms with E-state index in [2.05, 4.69) is 51.9 Å². The molecule has 1 aromatic carbocycles. The van der Waals surface area contributed by atoms with E-state index in [1.807, 2.05) is 13.8 Å². The molecule has 0 aromatic heterocycles. The van der Waals surface area contributed by atoms with Gasteiger partial charge in [0, 0.05) is 45.8 Å². The van der Waals surface area contributed by atoms with Gasteiger partial charge < -0.3 is 88.6 Å². The molecule has 6 atom stereocenters. The molecule has 382 valence electrons. The standard InChI is InChI=1S/C42H77N19O7/c1-25(2)23-27(43)33(63)57-28(13-6-17-53-39(44)45)35(65)58-29(14-7-18-54-40(46)47)36(66)59-30(15-8-19-55-41(48)49)37(67)60-31(16-9-20-56-42(50)51)38(68)61-32(34(64)52-21-10-22-62)24-26-11-4-3-5-12-26/h3-5,11-12,25,27-32,62H,6-10,13-24,43H2,1-2H3,(H,52,64)(H,57,63)(H,58,65)(H,59,66)(H,60,67)(H,61,68)(H4,44,45,53)(H4,46,47,54)(H4,48,49,55)(H4,50,51,56)/t27-,28-,29-,30-,31-,32-/m0/s1. The van der Waals surface area contributed by atoms with Crippen LogP contribution in [0.4, 0.5) is 0 Å². The van der Waals surface area contributed by atoms with Crippen molar-refractivity contribution in [3.8, 4) is 0 Å². The molecule has 0 heterocycles. The van der Waals surface area contributed by atoms with Crippen molar-refractivity contribution in [3.05, 3.63) is 35.9 Å². The summed E-state index contributed by atoms with van der Waals surface area (Å²) in [6, 6.07) is 1.81. The maximum absolute atomic E-state index is 14.3. The first-order chi connectivity index (χ1) is 32.2. The number of aliphatic hydroxyl groups is 1. The zero-order valence-corrected chi connectivity index (χ0v) is 39.3. The highest BCUT2D eigenvalue weighted by Gasteiger charge is 2.33. The third kappa shape index (κ3) is 26.9. The van der Waals surface area contributed by atoms with Gasteiger partial charge in [-0.3, -0.25) is 48.7 Å². The maximum atomic E-state index is 14.3. The van der Waals surface area contributed by atoms with Gasteiger partial charge in [-0.15, -0.1) is 0 Å². The van der Waals surface area contributed by atoms with Crippen molar-refractivity contribution in [2.24, 2.45) is 77.5 Å². The molecule has 0 saturated heterocycles. The number of nitrogens with zero attached hydrogens (tertiary/aromatic N) is 4. The van der Waals surface area contributed by atoms with E-state index in [1.54, 1.807) is 30.3 Å². The summed E-state index contributed by atoms with van der Waals surface area (Å²) in [5.41, 5.74) is 50.9. The molecule has 26 heteroatoms. The summed E-state index contributed by atoms with van der Waals surface area (Å²) >= 11 is 0. The Bertz CT molecular complexity index is 1830. The maximum Gasteiger partial charge on any atom is 0.243 e. The number of nitrogens with one attached hydrogen (secondary N) is 6. The molecule has 0 bridgehead atoms. The Kier molecular flexibility index (Phi) is 29.1. The predicted octanol–water partition coefficient (Wildman–Crippen LogP) is -5.26. The minimum Gasteiger partial charge on any atom is -0.396 e. The molecule has 0 spiro atoms. The molecule has 0 radical (unpaired) electrons. The summed E-state index contributed by atoms with van der Waals surface area (Å²) in [5.74, 6) is -4.84. The summed E-state index contributed by atoms with van der Waals surface area (Å²) < 4.78 is 0. The van der Waals surface area contributed by atoms with Crippen LogP contribution in [0.5, 0.6) is 0 Å². The Morgan fingerprint density at radius 3 is 1.16 bits per heavy atom. The fraction of sp³-hybridized carbons (Fsp3) is 0.619. The first-order valence-corrected chi connectivity index (χ1v) is 22.6. The normalized spacial score (nSPS) is 13.4. The largest absolute Gasteiger partial charge is 0.396 e. The van der Waals surface area contributed by atoms with E-state index in [9.17, 15) is 33.9 Å². The van der Waals surface area contributed by atoms with Crippen molar-refractivity contribution in [1.29, 1.82) is 0 Å². The lowest BCUT2D eigenvalue weighted by Crippen LogP contribution is -2.59. The number of rotatable bonds is 34. The molecule has 0 saturated carbocycles. The van der Waals surface area contributed by atoms with Gasteiger partial charge >= 0.3 is 0 Å². The van der Waals surface area contributed by atoms with Crippen molar-refractivity contribution in [1.82, 2.24) is 31.9 Å². The molecule has 6 amide bonds. The second kappa shape index (κ2) is 33.5. The molecule has 0 fully saturated rings. The fourth-order valence-electron chi connectivity index (χ4n) is 6.55. The predicted molar refractivity (Wildman–Crippen MR) is 262 cm³/mol. The molecule has 1 aromatic rings. The Morgan fingerprint density at radius 1 is 0.500 bits per heavy atom. The van der Waals surface area contributed by atoms with Crippen LogP contribution in [0.2, 0.25) is 0 Å². The van der Waals surface area contributed by atoms with Crippen LogP contribution in [0.3, 0.4) is 0 Å². The molecule has 1 rings (SSSR count). The van der Waals surface area contributed by atoms with E-state index in [0.29, 0.717) is 6.42 Å². The summed E-state index contributed by atoms with van der Waals surface area (Å²) in [6.45, 7) is 4.14. The van der Waals surface area contributed by atoms with Crippen LogP contribution in [-0.2, 0) is 35.2 Å². The summed E-state index contributed by atoms with van der Waals surface area (Å²) in [6.07, 6.45) is 1.52. The Morgan fingerprint density at radius 2 is 0.838 bits per heavy atom. The highest BCUT2D eigenvalue weighted by Crippen LogP contribution is 2.10. The van der Waals surface area contributed by atoms with Crippen LogP contribution < -0.4 is 83.5 Å². The lowest BCUT2D eigenvalue weighted by molar-refractivity contribution is -0.135. The molecule has 0 aliphatic carbocycles. The Hall–Kier alpha value is -6.96. The first kappa shape index (κ1) is 59.1. The smallest absolute Gasteiger partial charge is 0.243 e. The van der Waals surface area contributed by atoms with Gasteiger partial charge in [-0.05, 0) is 75.7 Å². The quantitative estimate of drug-likeness (QED) is 0.0174. The molecule has 68 heavy (non-hydrogen) atoms. The summed E-state index contributed by atoms with van der Waals surface area (Å²) in [4.78, 5) is 99.1. The Labute approximate surface area is 397 Å². The Balaban J connectivity index is 3.61. The second-order valence-electron chi connectivity index (χ2n) is 16.4. The van der Waals surface area contributed by atoms with Gasteiger partial charge in [0.05, 0.1) is 6.04 Å². The van der Waals surface area contributed by atoms with Crippen LogP contribution in [-0.4, -0.2) is 140 Å². The molecule has 25 N–H and O–H groups in total. The lowest BCUT2D eigenvalue weighted by atomic mass is 10.0. The van der Waals surface area contributed by atoms with E-state index >= 15 is 0 Å². The van der Waals surface area contributed by atoms with Gasteiger partial charge in [0.15, 0.2) is 23.8 Å². The van der Waals surface area contributed by atoms with Gasteiger partial charge in [0.25, 0.3) is 0 Å². The first-order valence-electron chi connectivity index (χ1n) is 22.6. The number of aliphatic imine (C=N–C) groups is 4. The number of hydrogen-bond donors (Lipinski definition) is 16. The molecule has 0 unspecified atom stereocenters. The monoisotopic (exact) mass is 960 g/mol. The molecular formula is C42H77N19O7. The topological polar surface area (TPSA) is 478 Å². The highest BCUT2D eigenvalue weighted by molar-refractivity contribution is 5.96. The van der Waals surface area contributed by atoms with E-state index in [-0.39, 0.29) is 133 Å². The van der Waals surface area contributed by atoms with Crippen LogP contribution in [0, 0.1) is 5.92 Å². The van der Waals surface area contributed by atoms with E-state index in [4.69, 9.17) is 51.6 Å². The van der Waals surface area contributed by atoms with Crippen LogP contribution in [0.15, 0.2) is 50.3 Å². The number of amides is 6.